The van der Waals surface area contributed by atoms with Gasteiger partial charge in [0.1, 0.15) is 5.82 Å². The van der Waals surface area contributed by atoms with Gasteiger partial charge in [0.25, 0.3) is 0 Å². The van der Waals surface area contributed by atoms with Gasteiger partial charge < -0.3 is 9.47 Å². The molecule has 6 heteroatoms. The van der Waals surface area contributed by atoms with E-state index in [-0.39, 0.29) is 5.41 Å². The molecule has 4 aromatic rings. The molecule has 0 amide bonds. The molecule has 0 unspecified atom stereocenters. The lowest BCUT2D eigenvalue weighted by molar-refractivity contribution is 0.354. The Kier molecular flexibility index (Phi) is 5.62. The highest BCUT2D eigenvalue weighted by Crippen LogP contribution is 2.61. The zero-order chi connectivity index (χ0) is 22.0. The Bertz CT molecular complexity index is 1200. The van der Waals surface area contributed by atoms with Gasteiger partial charge in [0.15, 0.2) is 17.3 Å². The topological polar surface area (TPSA) is 60.0 Å². The van der Waals surface area contributed by atoms with Crippen molar-refractivity contribution in [2.75, 3.05) is 20.0 Å². The average molecular weight is 444 g/mol. The number of ether oxygens (including phenoxy) is 2. The van der Waals surface area contributed by atoms with Crippen LogP contribution in [-0.4, -0.2) is 35.2 Å². The van der Waals surface area contributed by atoms with Gasteiger partial charge >= 0.3 is 0 Å². The van der Waals surface area contributed by atoms with Crippen LogP contribution in [0.1, 0.15) is 23.7 Å². The number of hydrogen-bond donors (Lipinski definition) is 1. The molecule has 5 rings (SSSR count). The van der Waals surface area contributed by atoms with E-state index >= 15 is 0 Å². The van der Waals surface area contributed by atoms with E-state index < -0.39 is 0 Å². The quantitative estimate of drug-likeness (QED) is 0.354. The lowest BCUT2D eigenvalue weighted by Gasteiger charge is -2.18. The molecule has 0 bridgehead atoms. The van der Waals surface area contributed by atoms with E-state index in [1.165, 1.54) is 5.56 Å². The van der Waals surface area contributed by atoms with Gasteiger partial charge in [-0.05, 0) is 30.2 Å². The van der Waals surface area contributed by atoms with Gasteiger partial charge in [0, 0.05) is 27.5 Å². The Balaban J connectivity index is 1.40. The van der Waals surface area contributed by atoms with Crippen LogP contribution in [0.4, 0.5) is 0 Å². The van der Waals surface area contributed by atoms with Crippen LogP contribution in [-0.2, 0) is 5.41 Å². The summed E-state index contributed by atoms with van der Waals surface area (Å²) in [5, 5.41) is 7.71. The van der Waals surface area contributed by atoms with E-state index in [0.717, 1.165) is 45.8 Å². The first-order chi connectivity index (χ1) is 15.7. The number of aromatic nitrogens is 3. The number of methoxy groups -OCH3 is 2. The summed E-state index contributed by atoms with van der Waals surface area (Å²) in [4.78, 5) is 6.01. The van der Waals surface area contributed by atoms with Crippen molar-refractivity contribution >= 4 is 11.8 Å². The van der Waals surface area contributed by atoms with Crippen molar-refractivity contribution in [3.8, 4) is 22.9 Å². The molecule has 0 radical (unpaired) electrons. The largest absolute Gasteiger partial charge is 0.493 e. The van der Waals surface area contributed by atoms with Crippen LogP contribution >= 0.6 is 11.8 Å². The molecule has 0 saturated heterocycles. The van der Waals surface area contributed by atoms with Crippen molar-refractivity contribution in [1.29, 1.82) is 0 Å². The molecule has 32 heavy (non-hydrogen) atoms. The molecule has 3 aromatic carbocycles. The Labute approximate surface area is 192 Å². The lowest BCUT2D eigenvalue weighted by Crippen LogP contribution is -2.13. The minimum atomic E-state index is 0.0204. The second kappa shape index (κ2) is 8.71. The van der Waals surface area contributed by atoms with Gasteiger partial charge in [0.05, 0.1) is 14.2 Å². The zero-order valence-corrected chi connectivity index (χ0v) is 18.9. The molecule has 1 fully saturated rings. The third-order valence-electron chi connectivity index (χ3n) is 6.14. The number of hydrogen-bond acceptors (Lipinski definition) is 5. The highest BCUT2D eigenvalue weighted by atomic mass is 32.2. The summed E-state index contributed by atoms with van der Waals surface area (Å²) in [5.74, 6) is 4.46. The van der Waals surface area contributed by atoms with E-state index in [0.29, 0.717) is 5.92 Å². The van der Waals surface area contributed by atoms with Gasteiger partial charge in [-0.1, -0.05) is 60.7 Å². The summed E-state index contributed by atoms with van der Waals surface area (Å²) in [6.45, 7) is 0. The van der Waals surface area contributed by atoms with Gasteiger partial charge in [-0.2, -0.15) is 5.10 Å². The first kappa shape index (κ1) is 20.6. The second-order valence-corrected chi connectivity index (χ2v) is 9.04. The molecule has 0 aliphatic heterocycles. The molecule has 1 N–H and O–H groups in total. The predicted molar refractivity (Wildman–Crippen MR) is 128 cm³/mol. The molecule has 1 saturated carbocycles. The van der Waals surface area contributed by atoms with Crippen LogP contribution in [0.3, 0.4) is 0 Å². The summed E-state index contributed by atoms with van der Waals surface area (Å²) < 4.78 is 10.9. The molecule has 2 atom stereocenters. The molecule has 1 aliphatic rings. The van der Waals surface area contributed by atoms with E-state index in [4.69, 9.17) is 14.5 Å². The van der Waals surface area contributed by atoms with Gasteiger partial charge in [-0.3, -0.25) is 5.10 Å². The fourth-order valence-electron chi connectivity index (χ4n) is 4.26. The predicted octanol–water partition coefficient (Wildman–Crippen LogP) is 5.71. The Morgan fingerprint density at radius 3 is 2.38 bits per heavy atom. The summed E-state index contributed by atoms with van der Waals surface area (Å²) in [6.07, 6.45) is 1.04. The Morgan fingerprint density at radius 2 is 1.66 bits per heavy atom. The monoisotopic (exact) mass is 443 g/mol. The molecule has 162 valence electrons. The summed E-state index contributed by atoms with van der Waals surface area (Å²) in [6, 6.07) is 26.9. The highest BCUT2D eigenvalue weighted by molar-refractivity contribution is 7.99. The molecule has 0 spiro atoms. The SMILES string of the molecule is COc1ccc(SC[C@@]2(c3ccccc3)C[C@H]2c2nc(-c3ccccc3)n[nH]2)cc1OC. The van der Waals surface area contributed by atoms with Gasteiger partial charge in [-0.15, -0.1) is 11.8 Å². The second-order valence-electron chi connectivity index (χ2n) is 7.99. The maximum atomic E-state index is 5.48. The fraction of sp³-hybridized carbons (Fsp3) is 0.231. The van der Waals surface area contributed by atoms with E-state index in [9.17, 15) is 0 Å². The minimum Gasteiger partial charge on any atom is -0.493 e. The van der Waals surface area contributed by atoms with Crippen LogP contribution in [0.5, 0.6) is 11.5 Å². The Morgan fingerprint density at radius 1 is 0.938 bits per heavy atom. The summed E-state index contributed by atoms with van der Waals surface area (Å²) in [7, 11) is 3.33. The molecule has 5 nitrogen and oxygen atoms in total. The first-order valence-electron chi connectivity index (χ1n) is 10.6. The van der Waals surface area contributed by atoms with E-state index in [1.54, 1.807) is 14.2 Å². The maximum Gasteiger partial charge on any atom is 0.181 e. The number of H-pyrrole nitrogens is 1. The average Bonchev–Trinajstić information content (AvgIpc) is 3.40. The summed E-state index contributed by atoms with van der Waals surface area (Å²) >= 11 is 1.84. The van der Waals surface area contributed by atoms with Gasteiger partial charge in [-0.25, -0.2) is 4.98 Å². The molecular formula is C26H25N3O2S. The number of nitrogens with one attached hydrogen (secondary N) is 1. The fourth-order valence-corrected chi connectivity index (χ4v) is 5.53. The third-order valence-corrected chi connectivity index (χ3v) is 7.39. The molecule has 1 heterocycles. The Hall–Kier alpha value is -3.25. The van der Waals surface area contributed by atoms with Crippen molar-refractivity contribution < 1.29 is 9.47 Å². The van der Waals surface area contributed by atoms with Gasteiger partial charge in [0.2, 0.25) is 0 Å². The van der Waals surface area contributed by atoms with Crippen molar-refractivity contribution in [3.63, 3.8) is 0 Å². The molecule has 1 aliphatic carbocycles. The van der Waals surface area contributed by atoms with E-state index in [1.807, 2.05) is 54.2 Å². The van der Waals surface area contributed by atoms with Crippen LogP contribution in [0, 0.1) is 0 Å². The van der Waals surface area contributed by atoms with Crippen molar-refractivity contribution in [2.24, 2.45) is 0 Å². The van der Waals surface area contributed by atoms with Crippen LogP contribution in [0.15, 0.2) is 83.8 Å². The van der Waals surface area contributed by atoms with E-state index in [2.05, 4.69) is 46.6 Å². The maximum absolute atomic E-state index is 5.48. The van der Waals surface area contributed by atoms with Crippen molar-refractivity contribution in [2.45, 2.75) is 22.6 Å². The number of aromatic amines is 1. The number of thioether (sulfide) groups is 1. The normalized spacial score (nSPS) is 19.5. The highest BCUT2D eigenvalue weighted by Gasteiger charge is 2.57. The minimum absolute atomic E-state index is 0.0204. The standard InChI is InChI=1S/C26H25N3O2S/c1-30-22-14-13-20(15-23(22)31-2)32-17-26(19-11-7-4-8-12-19)16-21(26)25-27-24(28-29-25)18-9-5-3-6-10-18/h3-15,21H,16-17H2,1-2H3,(H,27,28,29)/t21-,26+/m0/s1. The molecular weight excluding hydrogens is 418 g/mol. The van der Waals surface area contributed by atoms with Crippen molar-refractivity contribution in [1.82, 2.24) is 15.2 Å². The smallest absolute Gasteiger partial charge is 0.181 e. The van der Waals surface area contributed by atoms with Crippen LogP contribution < -0.4 is 9.47 Å². The van der Waals surface area contributed by atoms with Crippen LogP contribution in [0.25, 0.3) is 11.4 Å². The number of rotatable bonds is 8. The lowest BCUT2D eigenvalue weighted by atomic mass is 9.95. The third kappa shape index (κ3) is 3.86. The number of nitrogens with zero attached hydrogens (tertiary/aromatic N) is 2. The molecule has 1 aromatic heterocycles. The van der Waals surface area contributed by atoms with Crippen molar-refractivity contribution in [3.05, 3.63) is 90.3 Å². The first-order valence-corrected chi connectivity index (χ1v) is 11.6. The van der Waals surface area contributed by atoms with Crippen LogP contribution in [0.2, 0.25) is 0 Å². The zero-order valence-electron chi connectivity index (χ0n) is 18.1. The number of benzene rings is 3. The summed E-state index contributed by atoms with van der Waals surface area (Å²) in [5.41, 5.74) is 2.39.